The van der Waals surface area contributed by atoms with Crippen LogP contribution in [0.2, 0.25) is 5.02 Å². The van der Waals surface area contributed by atoms with E-state index in [9.17, 15) is 4.79 Å². The second kappa shape index (κ2) is 10.3. The molecule has 1 aliphatic carbocycles. The monoisotopic (exact) mass is 521 g/mol. The molecule has 2 aromatic heterocycles. The van der Waals surface area contributed by atoms with Gasteiger partial charge in [-0.05, 0) is 60.9 Å². The zero-order chi connectivity index (χ0) is 26.2. The van der Waals surface area contributed by atoms with E-state index in [1.165, 1.54) is 11.3 Å². The number of nitrogens with one attached hydrogen (secondary N) is 1. The molecule has 9 heteroatoms. The smallest absolute Gasteiger partial charge is 0.255 e. The fraction of sp³-hybridized carbons (Fsp3) is 0.429. The number of benzene rings is 1. The summed E-state index contributed by atoms with van der Waals surface area (Å²) in [5.74, 6) is 0.761. The highest BCUT2D eigenvalue weighted by Gasteiger charge is 2.31. The van der Waals surface area contributed by atoms with Gasteiger partial charge in [-0.2, -0.15) is 0 Å². The van der Waals surface area contributed by atoms with Crippen LogP contribution in [0.15, 0.2) is 36.7 Å². The molecular formula is C28H32ClN5O3. The molecule has 0 radical (unpaired) electrons. The molecular weight excluding hydrogens is 490 g/mol. The topological polar surface area (TPSA) is 89.5 Å². The molecule has 1 aromatic carbocycles. The zero-order valence-electron chi connectivity index (χ0n) is 21.7. The zero-order valence-corrected chi connectivity index (χ0v) is 22.4. The van der Waals surface area contributed by atoms with E-state index in [-0.39, 0.29) is 17.4 Å². The molecule has 1 saturated heterocycles. The lowest BCUT2D eigenvalue weighted by Gasteiger charge is -2.31. The van der Waals surface area contributed by atoms with Gasteiger partial charge in [0, 0.05) is 43.9 Å². The number of ether oxygens (including phenoxy) is 2. The first-order valence-corrected chi connectivity index (χ1v) is 13.0. The molecule has 0 bridgehead atoms. The first kappa shape index (κ1) is 25.4. The first-order chi connectivity index (χ1) is 17.8. The Kier molecular flexibility index (Phi) is 7.05. The average molecular weight is 522 g/mol. The van der Waals surface area contributed by atoms with Crippen molar-refractivity contribution in [2.45, 2.75) is 51.0 Å². The van der Waals surface area contributed by atoms with E-state index in [2.05, 4.69) is 30.2 Å². The van der Waals surface area contributed by atoms with E-state index in [0.29, 0.717) is 41.1 Å². The number of piperidine rings is 1. The van der Waals surface area contributed by atoms with E-state index in [1.54, 1.807) is 32.5 Å². The van der Waals surface area contributed by atoms with Crippen molar-refractivity contribution in [1.29, 1.82) is 0 Å². The maximum absolute atomic E-state index is 13.2. The minimum Gasteiger partial charge on any atom is -0.495 e. The number of likely N-dealkylation sites (tertiary alicyclic amines) is 1. The van der Waals surface area contributed by atoms with Crippen molar-refractivity contribution in [2.75, 3.05) is 32.6 Å². The number of pyridine rings is 1. The number of halogens is 1. The summed E-state index contributed by atoms with van der Waals surface area (Å²) >= 11 is 6.59. The highest BCUT2D eigenvalue weighted by molar-refractivity contribution is 6.34. The molecule has 1 fully saturated rings. The fourth-order valence-electron chi connectivity index (χ4n) is 5.13. The second-order valence-corrected chi connectivity index (χ2v) is 10.7. The highest BCUT2D eigenvalue weighted by atomic mass is 35.5. The SMILES string of the molecule is COc1cc(C(=O)N2CCC(OC)CC2)c(Cl)cc1Nc1nccc(-c2cnc3c(c2)C(C)(C)CC3)n1. The minimum atomic E-state index is -0.116. The molecule has 5 rings (SSSR count). The number of nitrogens with zero attached hydrogens (tertiary/aromatic N) is 4. The summed E-state index contributed by atoms with van der Waals surface area (Å²) in [6, 6.07) is 7.42. The molecule has 2 aliphatic rings. The second-order valence-electron chi connectivity index (χ2n) is 10.3. The molecule has 8 nitrogen and oxygen atoms in total. The number of aromatic nitrogens is 3. The van der Waals surface area contributed by atoms with Crippen molar-refractivity contribution in [2.24, 2.45) is 0 Å². The van der Waals surface area contributed by atoms with Gasteiger partial charge in [0.2, 0.25) is 5.95 Å². The first-order valence-electron chi connectivity index (χ1n) is 12.6. The van der Waals surface area contributed by atoms with Crippen molar-refractivity contribution >= 4 is 29.1 Å². The van der Waals surface area contributed by atoms with Gasteiger partial charge < -0.3 is 19.7 Å². The van der Waals surface area contributed by atoms with Gasteiger partial charge in [0.25, 0.3) is 5.91 Å². The number of aryl methyl sites for hydroxylation is 1. The van der Waals surface area contributed by atoms with Gasteiger partial charge in [-0.25, -0.2) is 9.97 Å². The molecule has 194 valence electrons. The quantitative estimate of drug-likeness (QED) is 0.463. The number of anilines is 2. The molecule has 1 amide bonds. The van der Waals surface area contributed by atoms with Crippen molar-refractivity contribution in [3.63, 3.8) is 0 Å². The molecule has 0 unspecified atom stereocenters. The van der Waals surface area contributed by atoms with Crippen LogP contribution in [0.4, 0.5) is 11.6 Å². The van der Waals surface area contributed by atoms with Crippen LogP contribution < -0.4 is 10.1 Å². The summed E-state index contributed by atoms with van der Waals surface area (Å²) < 4.78 is 11.0. The summed E-state index contributed by atoms with van der Waals surface area (Å²) in [6.07, 6.45) is 7.49. The summed E-state index contributed by atoms with van der Waals surface area (Å²) in [5, 5.41) is 3.55. The Morgan fingerprint density at radius 2 is 1.95 bits per heavy atom. The van der Waals surface area contributed by atoms with E-state index in [1.807, 2.05) is 17.2 Å². The van der Waals surface area contributed by atoms with Crippen LogP contribution in [0.1, 0.15) is 54.7 Å². The van der Waals surface area contributed by atoms with Crippen LogP contribution in [0.25, 0.3) is 11.3 Å². The van der Waals surface area contributed by atoms with Gasteiger partial charge in [0.15, 0.2) is 0 Å². The summed E-state index contributed by atoms with van der Waals surface area (Å²) in [4.78, 5) is 28.8. The Bertz CT molecular complexity index is 1320. The molecule has 1 N–H and O–H groups in total. The lowest BCUT2D eigenvalue weighted by Crippen LogP contribution is -2.40. The molecule has 37 heavy (non-hydrogen) atoms. The number of fused-ring (bicyclic) bond motifs is 1. The Morgan fingerprint density at radius 3 is 2.68 bits per heavy atom. The van der Waals surface area contributed by atoms with Gasteiger partial charge >= 0.3 is 0 Å². The summed E-state index contributed by atoms with van der Waals surface area (Å²) in [7, 11) is 3.26. The van der Waals surface area contributed by atoms with Crippen molar-refractivity contribution in [3.05, 3.63) is 58.5 Å². The third kappa shape index (κ3) is 5.13. The molecule has 3 aromatic rings. The van der Waals surface area contributed by atoms with Crippen LogP contribution in [-0.2, 0) is 16.6 Å². The standard InChI is InChI=1S/C28H32ClN5O3/c1-28(2)9-5-23-20(28)13-17(16-31-23)22-6-10-30-27(32-22)33-24-15-21(29)19(14-25(24)37-4)26(35)34-11-7-18(36-3)8-12-34/h6,10,13-16,18H,5,7-9,11-12H2,1-4H3,(H,30,32,33). The number of hydrogen-bond donors (Lipinski definition) is 1. The molecule has 0 saturated carbocycles. The van der Waals surface area contributed by atoms with E-state index in [0.717, 1.165) is 36.9 Å². The van der Waals surface area contributed by atoms with E-state index < -0.39 is 0 Å². The van der Waals surface area contributed by atoms with Crippen LogP contribution in [0.3, 0.4) is 0 Å². The Morgan fingerprint density at radius 1 is 1.16 bits per heavy atom. The Hall–Kier alpha value is -3.23. The Labute approximate surface area is 222 Å². The van der Waals surface area contributed by atoms with Crippen molar-refractivity contribution in [3.8, 4) is 17.0 Å². The fourth-order valence-corrected chi connectivity index (χ4v) is 5.38. The molecule has 3 heterocycles. The van der Waals surface area contributed by atoms with Gasteiger partial charge in [-0.3, -0.25) is 9.78 Å². The maximum Gasteiger partial charge on any atom is 0.255 e. The number of carbonyl (C=O) groups excluding carboxylic acids is 1. The van der Waals surface area contributed by atoms with Crippen LogP contribution >= 0.6 is 11.6 Å². The normalized spacial score (nSPS) is 16.9. The third-order valence-corrected chi connectivity index (χ3v) is 7.78. The van der Waals surface area contributed by atoms with Crippen molar-refractivity contribution < 1.29 is 14.3 Å². The molecule has 0 spiro atoms. The van der Waals surface area contributed by atoms with Crippen LogP contribution in [0.5, 0.6) is 5.75 Å². The van der Waals surface area contributed by atoms with Crippen molar-refractivity contribution in [1.82, 2.24) is 19.9 Å². The number of hydrogen-bond acceptors (Lipinski definition) is 7. The summed E-state index contributed by atoms with van der Waals surface area (Å²) in [5.41, 5.74) is 5.25. The number of amides is 1. The van der Waals surface area contributed by atoms with Gasteiger partial charge in [0.05, 0.1) is 35.2 Å². The van der Waals surface area contributed by atoms with Gasteiger partial charge in [-0.1, -0.05) is 25.4 Å². The Balaban J connectivity index is 1.38. The average Bonchev–Trinajstić information content (AvgIpc) is 3.22. The van der Waals surface area contributed by atoms with Gasteiger partial charge in [0.1, 0.15) is 5.75 Å². The molecule has 0 atom stereocenters. The number of rotatable bonds is 6. The number of methoxy groups -OCH3 is 2. The van der Waals surface area contributed by atoms with Gasteiger partial charge in [-0.15, -0.1) is 0 Å². The molecule has 1 aliphatic heterocycles. The lowest BCUT2D eigenvalue weighted by molar-refractivity contribution is 0.0350. The predicted molar refractivity (Wildman–Crippen MR) is 144 cm³/mol. The van der Waals surface area contributed by atoms with E-state index in [4.69, 9.17) is 31.0 Å². The van der Waals surface area contributed by atoms with Crippen LogP contribution in [-0.4, -0.2) is 59.2 Å². The minimum absolute atomic E-state index is 0.107. The predicted octanol–water partition coefficient (Wildman–Crippen LogP) is 5.42. The largest absolute Gasteiger partial charge is 0.495 e. The maximum atomic E-state index is 13.2. The lowest BCUT2D eigenvalue weighted by atomic mass is 9.86. The number of carbonyl (C=O) groups is 1. The third-order valence-electron chi connectivity index (χ3n) is 7.47. The highest BCUT2D eigenvalue weighted by Crippen LogP contribution is 2.39. The van der Waals surface area contributed by atoms with Crippen LogP contribution in [0, 0.1) is 0 Å². The van der Waals surface area contributed by atoms with E-state index >= 15 is 0 Å². The summed E-state index contributed by atoms with van der Waals surface area (Å²) in [6.45, 7) is 5.77.